The average molecular weight is 488 g/mol. The topological polar surface area (TPSA) is 72.3 Å². The van der Waals surface area contributed by atoms with Crippen LogP contribution in [0.5, 0.6) is 0 Å². The van der Waals surface area contributed by atoms with Crippen LogP contribution in [0.3, 0.4) is 0 Å². The Hall–Kier alpha value is -4.47. The molecule has 1 N–H and O–H groups in total. The first-order valence-corrected chi connectivity index (χ1v) is 12.5. The number of aromatic nitrogens is 1. The molecule has 4 aromatic rings. The highest BCUT2D eigenvalue weighted by atomic mass is 16.1. The van der Waals surface area contributed by atoms with Crippen LogP contribution in [0, 0.1) is 18.3 Å². The minimum atomic E-state index is -0.188. The van der Waals surface area contributed by atoms with Gasteiger partial charge in [-0.25, -0.2) is 4.98 Å². The molecule has 2 heterocycles. The van der Waals surface area contributed by atoms with Crippen LogP contribution in [0.15, 0.2) is 91.1 Å². The molecule has 0 radical (unpaired) electrons. The van der Waals surface area contributed by atoms with Gasteiger partial charge in [-0.05, 0) is 59.5 Å². The third-order valence-electron chi connectivity index (χ3n) is 6.86. The van der Waals surface area contributed by atoms with Crippen LogP contribution >= 0.6 is 0 Å². The lowest BCUT2D eigenvalue weighted by atomic mass is 9.98. The first-order valence-electron chi connectivity index (χ1n) is 12.5. The fourth-order valence-corrected chi connectivity index (χ4v) is 4.69. The van der Waals surface area contributed by atoms with E-state index in [1.807, 2.05) is 55.5 Å². The molecule has 1 aliphatic rings. The van der Waals surface area contributed by atoms with Gasteiger partial charge < -0.3 is 10.2 Å². The summed E-state index contributed by atoms with van der Waals surface area (Å²) in [5, 5.41) is 12.1. The Morgan fingerprint density at radius 1 is 0.919 bits per heavy atom. The zero-order valence-corrected chi connectivity index (χ0v) is 20.9. The first kappa shape index (κ1) is 24.2. The number of hydrogen-bond acceptors (Lipinski definition) is 5. The second kappa shape index (κ2) is 11.1. The molecule has 37 heavy (non-hydrogen) atoms. The molecule has 1 aliphatic heterocycles. The van der Waals surface area contributed by atoms with E-state index >= 15 is 0 Å². The number of hydrogen-bond donors (Lipinski definition) is 1. The number of nitrogens with one attached hydrogen (secondary N) is 1. The molecular formula is C31H29N5O. The number of rotatable bonds is 6. The number of amides is 1. The predicted molar refractivity (Wildman–Crippen MR) is 147 cm³/mol. The largest absolute Gasteiger partial charge is 0.354 e. The molecule has 1 saturated heterocycles. The van der Waals surface area contributed by atoms with Crippen molar-refractivity contribution in [1.82, 2.24) is 9.88 Å². The minimum Gasteiger partial charge on any atom is -0.354 e. The number of anilines is 2. The Morgan fingerprint density at radius 2 is 1.68 bits per heavy atom. The van der Waals surface area contributed by atoms with Gasteiger partial charge in [0, 0.05) is 44.6 Å². The van der Waals surface area contributed by atoms with Gasteiger partial charge in [0.05, 0.1) is 17.2 Å². The van der Waals surface area contributed by atoms with Gasteiger partial charge in [-0.1, -0.05) is 54.6 Å². The Morgan fingerprint density at radius 3 is 2.35 bits per heavy atom. The van der Waals surface area contributed by atoms with Crippen molar-refractivity contribution in [2.75, 3.05) is 36.4 Å². The summed E-state index contributed by atoms with van der Waals surface area (Å²) in [4.78, 5) is 22.3. The Balaban J connectivity index is 1.21. The molecule has 0 saturated carbocycles. The fourth-order valence-electron chi connectivity index (χ4n) is 4.69. The summed E-state index contributed by atoms with van der Waals surface area (Å²) >= 11 is 0. The summed E-state index contributed by atoms with van der Waals surface area (Å²) < 4.78 is 0. The van der Waals surface area contributed by atoms with Crippen LogP contribution in [0.4, 0.5) is 11.5 Å². The van der Waals surface area contributed by atoms with E-state index in [9.17, 15) is 4.79 Å². The number of nitrogens with zero attached hydrogens (tertiary/aromatic N) is 4. The highest BCUT2D eigenvalue weighted by Crippen LogP contribution is 2.29. The van der Waals surface area contributed by atoms with E-state index in [0.717, 1.165) is 60.9 Å². The number of pyridine rings is 1. The molecule has 3 aromatic carbocycles. The second-order valence-electron chi connectivity index (χ2n) is 9.28. The van der Waals surface area contributed by atoms with Gasteiger partial charge in [-0.15, -0.1) is 0 Å². The summed E-state index contributed by atoms with van der Waals surface area (Å²) in [7, 11) is 0. The molecule has 0 unspecified atom stereocenters. The monoisotopic (exact) mass is 487 g/mol. The van der Waals surface area contributed by atoms with Crippen molar-refractivity contribution in [1.29, 1.82) is 5.26 Å². The molecule has 1 amide bonds. The maximum Gasteiger partial charge on any atom is 0.257 e. The molecule has 5 rings (SSSR count). The molecule has 184 valence electrons. The van der Waals surface area contributed by atoms with E-state index in [0.29, 0.717) is 11.1 Å². The van der Waals surface area contributed by atoms with Crippen molar-refractivity contribution in [2.24, 2.45) is 0 Å². The summed E-state index contributed by atoms with van der Waals surface area (Å²) in [6.45, 7) is 6.73. The number of carbonyl (C=O) groups is 1. The summed E-state index contributed by atoms with van der Waals surface area (Å²) in [5.74, 6) is 0.710. The maximum absolute atomic E-state index is 13.0. The van der Waals surface area contributed by atoms with Gasteiger partial charge in [0.25, 0.3) is 5.91 Å². The van der Waals surface area contributed by atoms with Crippen molar-refractivity contribution >= 4 is 17.4 Å². The van der Waals surface area contributed by atoms with Crippen molar-refractivity contribution < 1.29 is 4.79 Å². The molecule has 6 nitrogen and oxygen atoms in total. The van der Waals surface area contributed by atoms with Crippen molar-refractivity contribution in [2.45, 2.75) is 13.5 Å². The van der Waals surface area contributed by atoms with E-state index in [1.54, 1.807) is 18.3 Å². The van der Waals surface area contributed by atoms with Crippen molar-refractivity contribution in [3.8, 4) is 17.2 Å². The van der Waals surface area contributed by atoms with Crippen LogP contribution < -0.4 is 10.2 Å². The number of benzene rings is 3. The van der Waals surface area contributed by atoms with Crippen LogP contribution in [0.1, 0.15) is 27.0 Å². The average Bonchev–Trinajstić information content (AvgIpc) is 2.95. The van der Waals surface area contributed by atoms with Gasteiger partial charge in [0.2, 0.25) is 0 Å². The maximum atomic E-state index is 13.0. The highest BCUT2D eigenvalue weighted by molar-refractivity contribution is 6.05. The molecular weight excluding hydrogens is 458 g/mol. The molecule has 0 atom stereocenters. The van der Waals surface area contributed by atoms with Crippen molar-refractivity contribution in [3.63, 3.8) is 0 Å². The number of nitriles is 1. The van der Waals surface area contributed by atoms with Crippen LogP contribution in [-0.2, 0) is 6.54 Å². The fraction of sp³-hybridized carbons (Fsp3) is 0.194. The summed E-state index contributed by atoms with van der Waals surface area (Å²) in [5.41, 5.74) is 6.22. The van der Waals surface area contributed by atoms with Gasteiger partial charge in [0.15, 0.2) is 0 Å². The zero-order chi connectivity index (χ0) is 25.6. The van der Waals surface area contributed by atoms with Crippen molar-refractivity contribution in [3.05, 3.63) is 113 Å². The lowest BCUT2D eigenvalue weighted by Gasteiger charge is -2.35. The van der Waals surface area contributed by atoms with E-state index in [1.165, 1.54) is 5.56 Å². The van der Waals surface area contributed by atoms with E-state index < -0.39 is 0 Å². The van der Waals surface area contributed by atoms with Gasteiger partial charge in [-0.2, -0.15) is 5.26 Å². The predicted octanol–water partition coefficient (Wildman–Crippen LogP) is 5.50. The summed E-state index contributed by atoms with van der Waals surface area (Å²) in [6, 6.07) is 29.8. The Labute approximate surface area is 217 Å². The first-order chi connectivity index (χ1) is 18.1. The number of piperazine rings is 1. The summed E-state index contributed by atoms with van der Waals surface area (Å²) in [6.07, 6.45) is 1.65. The molecule has 0 bridgehead atoms. The van der Waals surface area contributed by atoms with Crippen LogP contribution in [0.25, 0.3) is 11.1 Å². The quantitative estimate of drug-likeness (QED) is 0.389. The van der Waals surface area contributed by atoms with Gasteiger partial charge in [0.1, 0.15) is 5.82 Å². The molecule has 1 fully saturated rings. The Kier molecular flexibility index (Phi) is 7.25. The molecule has 0 aliphatic carbocycles. The van der Waals surface area contributed by atoms with Crippen LogP contribution in [-0.4, -0.2) is 42.0 Å². The lowest BCUT2D eigenvalue weighted by Crippen LogP contribution is -2.46. The third-order valence-corrected chi connectivity index (χ3v) is 6.86. The molecule has 6 heteroatoms. The standard InChI is InChI=1S/C31H29N5O/c1-23-28(26-12-10-24(20-32)11-13-26)8-5-9-29(23)34-31(37)27-14-15-30(33-21-27)36-18-16-35(17-19-36)22-25-6-3-2-4-7-25/h2-15,21H,16-19,22H2,1H3,(H,34,37). The van der Waals surface area contributed by atoms with E-state index in [-0.39, 0.29) is 5.91 Å². The van der Waals surface area contributed by atoms with Gasteiger partial charge >= 0.3 is 0 Å². The zero-order valence-electron chi connectivity index (χ0n) is 20.9. The highest BCUT2D eigenvalue weighted by Gasteiger charge is 2.19. The number of carbonyl (C=O) groups excluding carboxylic acids is 1. The second-order valence-corrected chi connectivity index (χ2v) is 9.28. The SMILES string of the molecule is Cc1c(NC(=O)c2ccc(N3CCN(Cc4ccccc4)CC3)nc2)cccc1-c1ccc(C#N)cc1. The Bertz CT molecular complexity index is 1400. The molecule has 0 spiro atoms. The lowest BCUT2D eigenvalue weighted by molar-refractivity contribution is 0.102. The smallest absolute Gasteiger partial charge is 0.257 e. The molecule has 1 aromatic heterocycles. The third kappa shape index (κ3) is 5.69. The van der Waals surface area contributed by atoms with E-state index in [2.05, 4.69) is 50.4 Å². The normalized spacial score (nSPS) is 13.7. The van der Waals surface area contributed by atoms with Crippen LogP contribution in [0.2, 0.25) is 0 Å². The van der Waals surface area contributed by atoms with Gasteiger partial charge in [-0.3, -0.25) is 9.69 Å². The van der Waals surface area contributed by atoms with E-state index in [4.69, 9.17) is 5.26 Å². The minimum absolute atomic E-state index is 0.188.